The van der Waals surface area contributed by atoms with Gasteiger partial charge in [-0.3, -0.25) is 4.79 Å². The number of pyridine rings is 1. The number of likely N-dealkylation sites (N-methyl/N-ethyl adjacent to an activating group) is 1. The average molecular weight is 570 g/mol. The molecule has 2 aromatic heterocycles. The van der Waals surface area contributed by atoms with Crippen LogP contribution in [0.4, 0.5) is 10.2 Å². The van der Waals surface area contributed by atoms with Gasteiger partial charge in [-0.05, 0) is 68.5 Å². The molecule has 0 bridgehead atoms. The molecule has 3 aliphatic rings. The Morgan fingerprint density at radius 1 is 1.14 bits per heavy atom. The van der Waals surface area contributed by atoms with Crippen LogP contribution < -0.4 is 9.64 Å². The van der Waals surface area contributed by atoms with Crippen molar-refractivity contribution in [2.75, 3.05) is 44.7 Å². The molecular weight excluding hydrogens is 533 g/mol. The summed E-state index contributed by atoms with van der Waals surface area (Å²) in [6.45, 7) is 7.92. The van der Waals surface area contributed by atoms with Crippen molar-refractivity contribution in [1.82, 2.24) is 24.8 Å². The third-order valence-electron chi connectivity index (χ3n) is 8.87. The fraction of sp³-hybridized carbons (Fsp3) is 0.469. The van der Waals surface area contributed by atoms with Gasteiger partial charge >= 0.3 is 6.01 Å². The van der Waals surface area contributed by atoms with Crippen molar-refractivity contribution < 1.29 is 13.9 Å². The summed E-state index contributed by atoms with van der Waals surface area (Å²) in [5.41, 5.74) is 5.24. The van der Waals surface area contributed by atoms with E-state index in [0.717, 1.165) is 48.9 Å². The van der Waals surface area contributed by atoms with Gasteiger partial charge in [-0.15, -0.1) is 0 Å². The number of nitriles is 1. The number of halogens is 1. The molecule has 0 N–H and O–H groups in total. The summed E-state index contributed by atoms with van der Waals surface area (Å²) >= 11 is 0. The fourth-order valence-electron chi connectivity index (χ4n) is 6.64. The maximum atomic E-state index is 13.8. The summed E-state index contributed by atoms with van der Waals surface area (Å²) in [6, 6.07) is 12.6. The molecule has 0 spiro atoms. The molecular formula is C32H36FN7O2. The molecule has 10 heteroatoms. The molecule has 1 amide bonds. The van der Waals surface area contributed by atoms with Crippen LogP contribution in [-0.2, 0) is 17.6 Å². The highest BCUT2D eigenvalue weighted by atomic mass is 19.1. The highest BCUT2D eigenvalue weighted by Crippen LogP contribution is 2.36. The van der Waals surface area contributed by atoms with Crippen LogP contribution >= 0.6 is 0 Å². The second-order valence-corrected chi connectivity index (χ2v) is 11.8. The second-order valence-electron chi connectivity index (χ2n) is 11.8. The molecule has 0 saturated carbocycles. The third-order valence-corrected chi connectivity index (χ3v) is 8.87. The van der Waals surface area contributed by atoms with Gasteiger partial charge in [0.05, 0.1) is 29.6 Å². The van der Waals surface area contributed by atoms with Gasteiger partial charge in [0.2, 0.25) is 0 Å². The van der Waals surface area contributed by atoms with E-state index in [1.54, 1.807) is 0 Å². The Hall–Kier alpha value is -4.10. The largest absolute Gasteiger partial charge is 0.462 e. The van der Waals surface area contributed by atoms with Crippen LogP contribution in [0, 0.1) is 17.2 Å². The summed E-state index contributed by atoms with van der Waals surface area (Å²) in [7, 11) is 2.10. The van der Waals surface area contributed by atoms with Gasteiger partial charge in [0.1, 0.15) is 12.4 Å². The average Bonchev–Trinajstić information content (AvgIpc) is 3.58. The first-order chi connectivity index (χ1) is 20.3. The van der Waals surface area contributed by atoms with Crippen molar-refractivity contribution in [2.24, 2.45) is 5.92 Å². The van der Waals surface area contributed by atoms with E-state index in [0.29, 0.717) is 43.1 Å². The maximum Gasteiger partial charge on any atom is 0.320 e. The van der Waals surface area contributed by atoms with E-state index in [9.17, 15) is 14.4 Å². The lowest BCUT2D eigenvalue weighted by molar-refractivity contribution is -0.131. The van der Waals surface area contributed by atoms with Crippen LogP contribution in [0.5, 0.6) is 6.01 Å². The van der Waals surface area contributed by atoms with E-state index < -0.39 is 17.8 Å². The lowest BCUT2D eigenvalue weighted by Crippen LogP contribution is -2.55. The van der Waals surface area contributed by atoms with Crippen molar-refractivity contribution in [3.63, 3.8) is 0 Å². The predicted octanol–water partition coefficient (Wildman–Crippen LogP) is 4.31. The Morgan fingerprint density at radius 3 is 2.76 bits per heavy atom. The summed E-state index contributed by atoms with van der Waals surface area (Å²) in [4.78, 5) is 32.8. The van der Waals surface area contributed by atoms with E-state index in [-0.39, 0.29) is 19.0 Å². The number of ether oxygens (including phenoxy) is 1. The number of fused-ring (bicyclic) bond motifs is 2. The zero-order chi connectivity index (χ0) is 29.4. The fourth-order valence-corrected chi connectivity index (χ4v) is 6.64. The number of amides is 1. The summed E-state index contributed by atoms with van der Waals surface area (Å²) in [6.07, 6.45) is 4.36. The van der Waals surface area contributed by atoms with Gasteiger partial charge in [-0.2, -0.15) is 15.2 Å². The number of carbonyl (C=O) groups excluding carboxylic acids is 1. The zero-order valence-electron chi connectivity index (χ0n) is 24.2. The Kier molecular flexibility index (Phi) is 7.78. The van der Waals surface area contributed by atoms with Crippen LogP contribution in [0.3, 0.4) is 0 Å². The van der Waals surface area contributed by atoms with Gasteiger partial charge < -0.3 is 19.4 Å². The smallest absolute Gasteiger partial charge is 0.320 e. The number of hydrogen-bond donors (Lipinski definition) is 0. The van der Waals surface area contributed by atoms with Crippen molar-refractivity contribution in [3.8, 4) is 23.3 Å². The number of carbonyl (C=O) groups is 1. The van der Waals surface area contributed by atoms with E-state index in [2.05, 4.69) is 49.7 Å². The quantitative estimate of drug-likeness (QED) is 0.388. The van der Waals surface area contributed by atoms with Crippen LogP contribution in [0.1, 0.15) is 37.3 Å². The van der Waals surface area contributed by atoms with Crippen LogP contribution in [-0.4, -0.2) is 82.6 Å². The first-order valence-electron chi connectivity index (χ1n) is 14.7. The van der Waals surface area contributed by atoms with E-state index in [4.69, 9.17) is 19.7 Å². The SMILES string of the molecule is C=C(F)C(=O)N1CCN(c2nc(OC[C@@H]3CCCN3C)nc3nc(-c4cccc5c4CC(C)C5)ccc23)C[C@@H]1CC#N. The molecule has 218 valence electrons. The summed E-state index contributed by atoms with van der Waals surface area (Å²) in [5, 5.41) is 10.2. The lowest BCUT2D eigenvalue weighted by atomic mass is 10.00. The number of nitrogens with zero attached hydrogens (tertiary/aromatic N) is 7. The van der Waals surface area contributed by atoms with Crippen molar-refractivity contribution in [1.29, 1.82) is 5.26 Å². The second kappa shape index (κ2) is 11.6. The molecule has 1 unspecified atom stereocenters. The molecule has 2 aliphatic heterocycles. The number of hydrogen-bond acceptors (Lipinski definition) is 8. The Bertz CT molecular complexity index is 1570. The van der Waals surface area contributed by atoms with Crippen LogP contribution in [0.15, 0.2) is 42.7 Å². The molecule has 1 aromatic carbocycles. The number of benzene rings is 1. The monoisotopic (exact) mass is 569 g/mol. The molecule has 42 heavy (non-hydrogen) atoms. The topological polar surface area (TPSA) is 98.5 Å². The summed E-state index contributed by atoms with van der Waals surface area (Å²) < 4.78 is 20.0. The van der Waals surface area contributed by atoms with Crippen LogP contribution in [0.2, 0.25) is 0 Å². The van der Waals surface area contributed by atoms with Gasteiger partial charge in [-0.1, -0.05) is 31.7 Å². The Balaban J connectivity index is 1.38. The number of aromatic nitrogens is 3. The van der Waals surface area contributed by atoms with E-state index in [1.165, 1.54) is 16.0 Å². The van der Waals surface area contributed by atoms with Gasteiger partial charge in [-0.25, -0.2) is 9.37 Å². The number of likely N-dealkylation sites (tertiary alicyclic amines) is 1. The first-order valence-corrected chi connectivity index (χ1v) is 14.7. The minimum absolute atomic E-state index is 0.0653. The molecule has 2 saturated heterocycles. The minimum atomic E-state index is -1.02. The van der Waals surface area contributed by atoms with Crippen LogP contribution in [0.25, 0.3) is 22.3 Å². The van der Waals surface area contributed by atoms with Gasteiger partial charge in [0.25, 0.3) is 5.91 Å². The van der Waals surface area contributed by atoms with E-state index in [1.807, 2.05) is 17.0 Å². The summed E-state index contributed by atoms with van der Waals surface area (Å²) in [5.74, 6) is -0.561. The standard InChI is InChI=1S/C32H36FN7O2/c1-20-16-22-6-4-8-25(27(22)17-20)28-10-9-26-29(35-28)36-32(42-19-24-7-5-13-38(24)3)37-30(26)39-14-15-40(31(41)21(2)33)23(18-39)11-12-34/h4,6,8-10,20,23-24H,2,5,7,11,13-19H2,1,3H3/t20?,23-,24-/m0/s1. The van der Waals surface area contributed by atoms with Gasteiger partial charge in [0, 0.05) is 31.2 Å². The number of anilines is 1. The Labute approximate surface area is 245 Å². The van der Waals surface area contributed by atoms with Crippen molar-refractivity contribution in [3.05, 3.63) is 53.9 Å². The third kappa shape index (κ3) is 5.41. The van der Waals surface area contributed by atoms with Gasteiger partial charge in [0.15, 0.2) is 11.5 Å². The predicted molar refractivity (Wildman–Crippen MR) is 159 cm³/mol. The first kappa shape index (κ1) is 28.0. The van der Waals surface area contributed by atoms with Crippen molar-refractivity contribution >= 4 is 22.8 Å². The normalized spacial score (nSPS) is 22.3. The molecule has 2 fully saturated rings. The van der Waals surface area contributed by atoms with E-state index >= 15 is 0 Å². The molecule has 1 aliphatic carbocycles. The zero-order valence-corrected chi connectivity index (χ0v) is 24.2. The molecule has 9 nitrogen and oxygen atoms in total. The molecule has 0 radical (unpaired) electrons. The Morgan fingerprint density at radius 2 is 2.00 bits per heavy atom. The maximum absolute atomic E-state index is 13.8. The molecule has 4 heterocycles. The number of piperazine rings is 1. The minimum Gasteiger partial charge on any atom is -0.462 e. The number of rotatable bonds is 7. The molecule has 3 atom stereocenters. The highest BCUT2D eigenvalue weighted by Gasteiger charge is 2.33. The highest BCUT2D eigenvalue weighted by molar-refractivity contribution is 5.92. The molecule has 3 aromatic rings. The molecule has 6 rings (SSSR count). The van der Waals surface area contributed by atoms with Crippen molar-refractivity contribution in [2.45, 2.75) is 51.1 Å². The lowest BCUT2D eigenvalue weighted by Gasteiger charge is -2.41.